The zero-order valence-electron chi connectivity index (χ0n) is 14.4. The van der Waals surface area contributed by atoms with Crippen molar-refractivity contribution >= 4 is 11.8 Å². The summed E-state index contributed by atoms with van der Waals surface area (Å²) in [5, 5.41) is 12.1. The Labute approximate surface area is 140 Å². The molecule has 0 aliphatic carbocycles. The SMILES string of the molecule is CCCCCCCCCCCC(C=CC(=O)O)Nc1ccc[nH]1. The summed E-state index contributed by atoms with van der Waals surface area (Å²) >= 11 is 0. The van der Waals surface area contributed by atoms with Crippen LogP contribution in [0.3, 0.4) is 0 Å². The van der Waals surface area contributed by atoms with Gasteiger partial charge in [0.15, 0.2) is 0 Å². The van der Waals surface area contributed by atoms with E-state index in [4.69, 9.17) is 5.11 Å². The summed E-state index contributed by atoms with van der Waals surface area (Å²) in [7, 11) is 0. The molecule has 0 aliphatic rings. The molecule has 0 radical (unpaired) electrons. The van der Waals surface area contributed by atoms with Crippen LogP contribution in [0.25, 0.3) is 0 Å². The first-order valence-corrected chi connectivity index (χ1v) is 9.03. The fraction of sp³-hybridized carbons (Fsp3) is 0.632. The van der Waals surface area contributed by atoms with Crippen molar-refractivity contribution in [1.29, 1.82) is 0 Å². The summed E-state index contributed by atoms with van der Waals surface area (Å²) in [6.45, 7) is 2.25. The number of hydrogen-bond acceptors (Lipinski definition) is 2. The Morgan fingerprint density at radius 3 is 2.39 bits per heavy atom. The van der Waals surface area contributed by atoms with Crippen LogP contribution in [0.1, 0.15) is 71.1 Å². The second kappa shape index (κ2) is 12.8. The quantitative estimate of drug-likeness (QED) is 0.319. The number of unbranched alkanes of at least 4 members (excludes halogenated alkanes) is 8. The van der Waals surface area contributed by atoms with Crippen LogP contribution in [0.4, 0.5) is 5.82 Å². The summed E-state index contributed by atoms with van der Waals surface area (Å²) in [5.41, 5.74) is 0. The Hall–Kier alpha value is -1.71. The Balaban J connectivity index is 2.17. The van der Waals surface area contributed by atoms with Gasteiger partial charge in [-0.1, -0.05) is 70.8 Å². The van der Waals surface area contributed by atoms with Gasteiger partial charge in [-0.2, -0.15) is 0 Å². The number of H-pyrrole nitrogens is 1. The molecule has 1 aromatic heterocycles. The minimum absolute atomic E-state index is 0.0642. The highest BCUT2D eigenvalue weighted by Crippen LogP contribution is 2.14. The van der Waals surface area contributed by atoms with Gasteiger partial charge in [-0.25, -0.2) is 4.79 Å². The molecular weight excluding hydrogens is 288 g/mol. The highest BCUT2D eigenvalue weighted by atomic mass is 16.4. The lowest BCUT2D eigenvalue weighted by Gasteiger charge is -2.15. The highest BCUT2D eigenvalue weighted by molar-refractivity contribution is 5.79. The molecule has 4 nitrogen and oxygen atoms in total. The molecule has 1 unspecified atom stereocenters. The first-order valence-electron chi connectivity index (χ1n) is 9.03. The maximum Gasteiger partial charge on any atom is 0.328 e. The van der Waals surface area contributed by atoms with Crippen LogP contribution < -0.4 is 5.32 Å². The number of aromatic nitrogens is 1. The minimum atomic E-state index is -0.893. The number of rotatable bonds is 14. The Kier molecular flexibility index (Phi) is 10.8. The van der Waals surface area contributed by atoms with Gasteiger partial charge in [-0.3, -0.25) is 0 Å². The molecule has 130 valence electrons. The minimum Gasteiger partial charge on any atom is -0.478 e. The lowest BCUT2D eigenvalue weighted by molar-refractivity contribution is -0.131. The Morgan fingerprint density at radius 2 is 1.83 bits per heavy atom. The standard InChI is InChI=1S/C19H32N2O2/c1-2-3-4-5-6-7-8-9-10-12-17(14-15-19(22)23)21-18-13-11-16-20-18/h11,13-17,20-21H,2-10,12H2,1H3,(H,22,23). The highest BCUT2D eigenvalue weighted by Gasteiger charge is 2.06. The van der Waals surface area contributed by atoms with Crippen molar-refractivity contribution in [2.24, 2.45) is 0 Å². The molecule has 1 atom stereocenters. The Bertz CT molecular complexity index is 427. The molecule has 0 aromatic carbocycles. The summed E-state index contributed by atoms with van der Waals surface area (Å²) < 4.78 is 0. The zero-order chi connectivity index (χ0) is 16.8. The van der Waals surface area contributed by atoms with Gasteiger partial charge in [0.05, 0.1) is 0 Å². The monoisotopic (exact) mass is 320 g/mol. The van der Waals surface area contributed by atoms with Gasteiger partial charge in [0.25, 0.3) is 0 Å². The molecule has 0 amide bonds. The molecule has 1 rings (SSSR count). The van der Waals surface area contributed by atoms with E-state index < -0.39 is 5.97 Å². The molecule has 0 fully saturated rings. The maximum atomic E-state index is 10.7. The van der Waals surface area contributed by atoms with Crippen molar-refractivity contribution < 1.29 is 9.90 Å². The molecule has 0 spiro atoms. The first-order chi connectivity index (χ1) is 11.2. The molecule has 3 N–H and O–H groups in total. The smallest absolute Gasteiger partial charge is 0.328 e. The van der Waals surface area contributed by atoms with E-state index in [9.17, 15) is 4.79 Å². The number of carboxylic acid groups (broad SMARTS) is 1. The maximum absolute atomic E-state index is 10.7. The van der Waals surface area contributed by atoms with Crippen molar-refractivity contribution in [3.63, 3.8) is 0 Å². The fourth-order valence-electron chi connectivity index (χ4n) is 2.71. The van der Waals surface area contributed by atoms with Crippen LogP contribution in [-0.4, -0.2) is 22.1 Å². The third kappa shape index (κ3) is 10.6. The topological polar surface area (TPSA) is 65.1 Å². The van der Waals surface area contributed by atoms with Crippen LogP contribution in [-0.2, 0) is 4.79 Å². The van der Waals surface area contributed by atoms with E-state index in [2.05, 4.69) is 17.2 Å². The van der Waals surface area contributed by atoms with E-state index in [-0.39, 0.29) is 6.04 Å². The van der Waals surface area contributed by atoms with Gasteiger partial charge in [0, 0.05) is 18.3 Å². The molecule has 0 bridgehead atoms. The molecule has 1 aromatic rings. The number of carboxylic acids is 1. The van der Waals surface area contributed by atoms with E-state index >= 15 is 0 Å². The second-order valence-corrected chi connectivity index (χ2v) is 6.15. The number of aromatic amines is 1. The van der Waals surface area contributed by atoms with Crippen molar-refractivity contribution in [3.8, 4) is 0 Å². The van der Waals surface area contributed by atoms with Crippen molar-refractivity contribution in [2.75, 3.05) is 5.32 Å². The predicted molar refractivity (Wildman–Crippen MR) is 96.8 cm³/mol. The molecular formula is C19H32N2O2. The lowest BCUT2D eigenvalue weighted by Crippen LogP contribution is -2.17. The van der Waals surface area contributed by atoms with Crippen LogP contribution in [0, 0.1) is 0 Å². The molecule has 0 saturated heterocycles. The van der Waals surface area contributed by atoms with Gasteiger partial charge in [0.2, 0.25) is 0 Å². The van der Waals surface area contributed by atoms with E-state index in [1.54, 1.807) is 6.08 Å². The number of hydrogen-bond donors (Lipinski definition) is 3. The summed E-state index contributed by atoms with van der Waals surface area (Å²) in [6.07, 6.45) is 17.5. The second-order valence-electron chi connectivity index (χ2n) is 6.15. The van der Waals surface area contributed by atoms with Crippen molar-refractivity contribution in [1.82, 2.24) is 4.98 Å². The van der Waals surface area contributed by atoms with E-state index in [1.165, 1.54) is 57.4 Å². The number of carbonyl (C=O) groups is 1. The normalized spacial score (nSPS) is 12.6. The van der Waals surface area contributed by atoms with Gasteiger partial charge < -0.3 is 15.4 Å². The molecule has 23 heavy (non-hydrogen) atoms. The largest absolute Gasteiger partial charge is 0.478 e. The van der Waals surface area contributed by atoms with E-state index in [1.807, 2.05) is 18.3 Å². The average molecular weight is 320 g/mol. The molecule has 0 aliphatic heterocycles. The van der Waals surface area contributed by atoms with Crippen molar-refractivity contribution in [3.05, 3.63) is 30.5 Å². The van der Waals surface area contributed by atoms with E-state index in [0.717, 1.165) is 18.7 Å². The van der Waals surface area contributed by atoms with Gasteiger partial charge in [-0.05, 0) is 18.6 Å². The summed E-state index contributed by atoms with van der Waals surface area (Å²) in [6, 6.07) is 3.95. The van der Waals surface area contributed by atoms with Crippen molar-refractivity contribution in [2.45, 2.75) is 77.2 Å². The predicted octanol–water partition coefficient (Wildman–Crippen LogP) is 5.36. The Morgan fingerprint density at radius 1 is 1.17 bits per heavy atom. The summed E-state index contributed by atoms with van der Waals surface area (Å²) in [5.74, 6) is 0.0383. The first kappa shape index (κ1) is 19.3. The number of anilines is 1. The zero-order valence-corrected chi connectivity index (χ0v) is 14.4. The summed E-state index contributed by atoms with van der Waals surface area (Å²) in [4.78, 5) is 13.8. The number of aliphatic carboxylic acids is 1. The van der Waals surface area contributed by atoms with Gasteiger partial charge in [0.1, 0.15) is 5.82 Å². The van der Waals surface area contributed by atoms with E-state index in [0.29, 0.717) is 0 Å². The van der Waals surface area contributed by atoms with Crippen LogP contribution in [0.15, 0.2) is 30.5 Å². The lowest BCUT2D eigenvalue weighted by atomic mass is 10.0. The van der Waals surface area contributed by atoms with Gasteiger partial charge in [-0.15, -0.1) is 0 Å². The van der Waals surface area contributed by atoms with Crippen LogP contribution >= 0.6 is 0 Å². The number of nitrogens with one attached hydrogen (secondary N) is 2. The van der Waals surface area contributed by atoms with Crippen LogP contribution in [0.5, 0.6) is 0 Å². The molecule has 1 heterocycles. The van der Waals surface area contributed by atoms with Gasteiger partial charge >= 0.3 is 5.97 Å². The molecule has 0 saturated carbocycles. The van der Waals surface area contributed by atoms with Crippen LogP contribution in [0.2, 0.25) is 0 Å². The third-order valence-corrected chi connectivity index (χ3v) is 4.03. The fourth-order valence-corrected chi connectivity index (χ4v) is 2.71. The molecule has 4 heteroatoms. The third-order valence-electron chi connectivity index (χ3n) is 4.03. The average Bonchev–Trinajstić information content (AvgIpc) is 3.03.